The van der Waals surface area contributed by atoms with Crippen molar-refractivity contribution in [3.05, 3.63) is 36.0 Å². The fraction of sp³-hybridized carbons (Fsp3) is 0.400. The van der Waals surface area contributed by atoms with Crippen molar-refractivity contribution in [2.24, 2.45) is 0 Å². The molecule has 0 atom stereocenters. The van der Waals surface area contributed by atoms with Gasteiger partial charge in [-0.1, -0.05) is 24.2 Å². The summed E-state index contributed by atoms with van der Waals surface area (Å²) < 4.78 is 5.12. The van der Waals surface area contributed by atoms with Gasteiger partial charge in [-0.05, 0) is 25.0 Å². The second kappa shape index (κ2) is 7.42. The molecule has 1 aromatic carbocycles. The van der Waals surface area contributed by atoms with E-state index >= 15 is 0 Å². The smallest absolute Gasteiger partial charge is 0.226 e. The first kappa shape index (κ1) is 15.0. The number of aromatic nitrogens is 2. The maximum atomic E-state index is 11.8. The standard InChI is InChI=1S/C15H20N4O2/c1-2-6-13-18-15(21-19-13)10-5-9-14(20)17-12-8-4-3-7-11(12)16/h3-4,7-8H,2,5-6,9-10,16H2,1H3,(H,17,20). The number of amides is 1. The van der Waals surface area contributed by atoms with Gasteiger partial charge in [0.1, 0.15) is 0 Å². The van der Waals surface area contributed by atoms with Gasteiger partial charge in [-0.25, -0.2) is 0 Å². The van der Waals surface area contributed by atoms with Gasteiger partial charge in [0, 0.05) is 19.3 Å². The lowest BCUT2D eigenvalue weighted by Crippen LogP contribution is -2.12. The van der Waals surface area contributed by atoms with Crippen LogP contribution >= 0.6 is 0 Å². The van der Waals surface area contributed by atoms with Gasteiger partial charge in [-0.3, -0.25) is 4.79 Å². The van der Waals surface area contributed by atoms with Crippen molar-refractivity contribution in [2.45, 2.75) is 39.0 Å². The molecule has 112 valence electrons. The molecule has 2 rings (SSSR count). The third kappa shape index (κ3) is 4.59. The molecule has 6 nitrogen and oxygen atoms in total. The maximum Gasteiger partial charge on any atom is 0.226 e. The average molecular weight is 288 g/mol. The highest BCUT2D eigenvalue weighted by Gasteiger charge is 2.08. The minimum absolute atomic E-state index is 0.0683. The summed E-state index contributed by atoms with van der Waals surface area (Å²) in [5, 5.41) is 6.67. The van der Waals surface area contributed by atoms with Gasteiger partial charge in [0.15, 0.2) is 5.82 Å². The van der Waals surface area contributed by atoms with E-state index in [0.717, 1.165) is 18.7 Å². The number of benzene rings is 1. The van der Waals surface area contributed by atoms with E-state index in [-0.39, 0.29) is 5.91 Å². The third-order valence-corrected chi connectivity index (χ3v) is 3.01. The van der Waals surface area contributed by atoms with Crippen molar-refractivity contribution in [2.75, 3.05) is 11.1 Å². The number of anilines is 2. The zero-order chi connectivity index (χ0) is 15.1. The quantitative estimate of drug-likeness (QED) is 0.764. The number of nitrogens with zero attached hydrogens (tertiary/aromatic N) is 2. The molecule has 0 aliphatic rings. The Morgan fingerprint density at radius 3 is 2.90 bits per heavy atom. The number of aryl methyl sites for hydroxylation is 2. The van der Waals surface area contributed by atoms with Gasteiger partial charge in [-0.2, -0.15) is 4.98 Å². The minimum atomic E-state index is -0.0683. The summed E-state index contributed by atoms with van der Waals surface area (Å²) in [6.45, 7) is 2.07. The molecule has 0 radical (unpaired) electrons. The Hall–Kier alpha value is -2.37. The summed E-state index contributed by atoms with van der Waals surface area (Å²) >= 11 is 0. The van der Waals surface area contributed by atoms with Crippen molar-refractivity contribution in [1.82, 2.24) is 10.1 Å². The van der Waals surface area contributed by atoms with E-state index in [1.165, 1.54) is 0 Å². The third-order valence-electron chi connectivity index (χ3n) is 3.01. The number of nitrogens with one attached hydrogen (secondary N) is 1. The molecule has 6 heteroatoms. The van der Waals surface area contributed by atoms with Crippen LogP contribution in [0.3, 0.4) is 0 Å². The predicted octanol–water partition coefficient (Wildman–Crippen LogP) is 2.57. The van der Waals surface area contributed by atoms with Gasteiger partial charge in [0.25, 0.3) is 0 Å². The molecule has 1 amide bonds. The molecule has 0 fully saturated rings. The predicted molar refractivity (Wildman–Crippen MR) is 80.7 cm³/mol. The van der Waals surface area contributed by atoms with E-state index < -0.39 is 0 Å². The Morgan fingerprint density at radius 2 is 2.14 bits per heavy atom. The van der Waals surface area contributed by atoms with Gasteiger partial charge < -0.3 is 15.6 Å². The van der Waals surface area contributed by atoms with Crippen LogP contribution in [0.1, 0.15) is 37.9 Å². The van der Waals surface area contributed by atoms with Crippen molar-refractivity contribution in [1.29, 1.82) is 0 Å². The van der Waals surface area contributed by atoms with E-state index in [1.807, 2.05) is 12.1 Å². The number of carbonyl (C=O) groups excluding carboxylic acids is 1. The Kier molecular flexibility index (Phi) is 5.31. The van der Waals surface area contributed by atoms with E-state index in [9.17, 15) is 4.79 Å². The highest BCUT2D eigenvalue weighted by molar-refractivity contribution is 5.93. The minimum Gasteiger partial charge on any atom is -0.397 e. The number of hydrogen-bond donors (Lipinski definition) is 2. The van der Waals surface area contributed by atoms with Crippen molar-refractivity contribution in [3.63, 3.8) is 0 Å². The Balaban J connectivity index is 1.75. The second-order valence-corrected chi connectivity index (χ2v) is 4.84. The summed E-state index contributed by atoms with van der Waals surface area (Å²) in [6, 6.07) is 7.19. The van der Waals surface area contributed by atoms with E-state index in [4.69, 9.17) is 10.3 Å². The van der Waals surface area contributed by atoms with E-state index in [0.29, 0.717) is 36.5 Å². The zero-order valence-corrected chi connectivity index (χ0v) is 12.1. The zero-order valence-electron chi connectivity index (χ0n) is 12.1. The highest BCUT2D eigenvalue weighted by atomic mass is 16.5. The largest absolute Gasteiger partial charge is 0.397 e. The molecule has 1 heterocycles. The number of hydrogen-bond acceptors (Lipinski definition) is 5. The average Bonchev–Trinajstić information content (AvgIpc) is 2.89. The van der Waals surface area contributed by atoms with Crippen LogP contribution in [0.2, 0.25) is 0 Å². The maximum absolute atomic E-state index is 11.8. The Morgan fingerprint density at radius 1 is 1.33 bits per heavy atom. The molecule has 0 saturated heterocycles. The fourth-order valence-corrected chi connectivity index (χ4v) is 1.94. The monoisotopic (exact) mass is 288 g/mol. The molecule has 0 aliphatic heterocycles. The summed E-state index contributed by atoms with van der Waals surface area (Å²) in [5.74, 6) is 1.25. The van der Waals surface area contributed by atoms with E-state index in [2.05, 4.69) is 22.4 Å². The van der Waals surface area contributed by atoms with Crippen LogP contribution in [0.5, 0.6) is 0 Å². The lowest BCUT2D eigenvalue weighted by Gasteiger charge is -2.06. The molecule has 0 aliphatic carbocycles. The molecule has 2 aromatic rings. The summed E-state index contributed by atoms with van der Waals surface area (Å²) in [4.78, 5) is 16.1. The number of nitrogen functional groups attached to an aromatic ring is 1. The summed E-state index contributed by atoms with van der Waals surface area (Å²) in [6.07, 6.45) is 3.46. The molecule has 1 aromatic heterocycles. The first-order valence-electron chi connectivity index (χ1n) is 7.15. The van der Waals surface area contributed by atoms with Crippen molar-refractivity contribution in [3.8, 4) is 0 Å². The number of rotatable bonds is 7. The molecule has 0 spiro atoms. The van der Waals surface area contributed by atoms with Crippen LogP contribution in [0.15, 0.2) is 28.8 Å². The van der Waals surface area contributed by atoms with Gasteiger partial charge in [0.2, 0.25) is 11.8 Å². The molecule has 21 heavy (non-hydrogen) atoms. The van der Waals surface area contributed by atoms with Crippen LogP contribution in [0.4, 0.5) is 11.4 Å². The lowest BCUT2D eigenvalue weighted by molar-refractivity contribution is -0.116. The SMILES string of the molecule is CCCc1noc(CCCC(=O)Nc2ccccc2N)n1. The first-order valence-corrected chi connectivity index (χ1v) is 7.15. The number of para-hydroxylation sites is 2. The van der Waals surface area contributed by atoms with Crippen LogP contribution in [0.25, 0.3) is 0 Å². The molecule has 3 N–H and O–H groups in total. The first-order chi connectivity index (χ1) is 10.2. The molecular formula is C15H20N4O2. The molecular weight excluding hydrogens is 268 g/mol. The van der Waals surface area contributed by atoms with Crippen molar-refractivity contribution >= 4 is 17.3 Å². The molecule has 0 unspecified atom stereocenters. The topological polar surface area (TPSA) is 94.0 Å². The van der Waals surface area contributed by atoms with Crippen molar-refractivity contribution < 1.29 is 9.32 Å². The fourth-order valence-electron chi connectivity index (χ4n) is 1.94. The number of nitrogens with two attached hydrogens (primary N) is 1. The normalized spacial score (nSPS) is 10.5. The van der Waals surface area contributed by atoms with Gasteiger partial charge >= 0.3 is 0 Å². The van der Waals surface area contributed by atoms with E-state index in [1.54, 1.807) is 12.1 Å². The van der Waals surface area contributed by atoms with Crippen LogP contribution in [-0.2, 0) is 17.6 Å². The van der Waals surface area contributed by atoms with Crippen LogP contribution < -0.4 is 11.1 Å². The molecule has 0 saturated carbocycles. The highest BCUT2D eigenvalue weighted by Crippen LogP contribution is 2.17. The van der Waals surface area contributed by atoms with Gasteiger partial charge in [-0.15, -0.1) is 0 Å². The van der Waals surface area contributed by atoms with Crippen LogP contribution in [-0.4, -0.2) is 16.0 Å². The van der Waals surface area contributed by atoms with Crippen LogP contribution in [0, 0.1) is 0 Å². The lowest BCUT2D eigenvalue weighted by atomic mass is 10.2. The van der Waals surface area contributed by atoms with Gasteiger partial charge in [0.05, 0.1) is 11.4 Å². The second-order valence-electron chi connectivity index (χ2n) is 4.84. The summed E-state index contributed by atoms with van der Waals surface area (Å²) in [5.41, 5.74) is 6.98. The molecule has 0 bridgehead atoms. The Labute approximate surface area is 123 Å². The number of carbonyl (C=O) groups is 1. The summed E-state index contributed by atoms with van der Waals surface area (Å²) in [7, 11) is 0. The Bertz CT molecular complexity index is 595.